The van der Waals surface area contributed by atoms with Gasteiger partial charge in [-0.15, -0.1) is 0 Å². The summed E-state index contributed by atoms with van der Waals surface area (Å²) in [5.41, 5.74) is 0.472. The molecule has 1 aromatic carbocycles. The van der Waals surface area contributed by atoms with Crippen molar-refractivity contribution in [2.24, 2.45) is 0 Å². The van der Waals surface area contributed by atoms with Gasteiger partial charge in [0.15, 0.2) is 0 Å². The molecule has 0 aliphatic carbocycles. The highest BCUT2D eigenvalue weighted by Gasteiger charge is 2.08. The van der Waals surface area contributed by atoms with Gasteiger partial charge in [-0.05, 0) is 17.7 Å². The first-order valence-corrected chi connectivity index (χ1v) is 3.85. The van der Waals surface area contributed by atoms with E-state index in [-0.39, 0.29) is 17.4 Å². The molecule has 0 aromatic heterocycles. The summed E-state index contributed by atoms with van der Waals surface area (Å²) >= 11 is 5.56. The van der Waals surface area contributed by atoms with Gasteiger partial charge in [0.25, 0.3) is 0 Å². The summed E-state index contributed by atoms with van der Waals surface area (Å²) in [5.74, 6) is -0.122. The number of aliphatic hydroxyl groups is 1. The Labute approximate surface area is 78.7 Å². The molecule has 0 saturated heterocycles. The Kier molecular flexibility index (Phi) is 3.45. The second kappa shape index (κ2) is 4.39. The zero-order valence-corrected chi connectivity index (χ0v) is 7.26. The molecule has 13 heavy (non-hydrogen) atoms. The largest absolute Gasteiger partial charge is 0.433 e. The summed E-state index contributed by atoms with van der Waals surface area (Å²) in [6.45, 7) is -3.15. The van der Waals surface area contributed by atoms with Crippen LogP contribution in [0, 0.1) is 0 Å². The summed E-state index contributed by atoms with van der Waals surface area (Å²) < 4.78 is 27.7. The Bertz CT molecular complexity index is 291. The normalized spacial score (nSPS) is 10.5. The molecule has 0 bridgehead atoms. The van der Waals surface area contributed by atoms with Gasteiger partial charge in [-0.2, -0.15) is 8.78 Å². The van der Waals surface area contributed by atoms with Gasteiger partial charge in [0, 0.05) is 0 Å². The number of hydrogen-bond donors (Lipinski definition) is 1. The number of hydrogen-bond acceptors (Lipinski definition) is 2. The summed E-state index contributed by atoms with van der Waals surface area (Å²) in [5, 5.41) is 8.80. The molecular weight excluding hydrogens is 202 g/mol. The number of rotatable bonds is 3. The van der Waals surface area contributed by atoms with Crippen molar-refractivity contribution in [3.63, 3.8) is 0 Å². The van der Waals surface area contributed by atoms with Crippen molar-refractivity contribution in [3.8, 4) is 5.75 Å². The Morgan fingerprint density at radius 2 is 2.15 bits per heavy atom. The number of halogens is 3. The molecule has 0 unspecified atom stereocenters. The van der Waals surface area contributed by atoms with Crippen LogP contribution in [0.3, 0.4) is 0 Å². The van der Waals surface area contributed by atoms with Crippen LogP contribution in [0.1, 0.15) is 5.56 Å². The molecule has 1 rings (SSSR count). The second-order valence-corrected chi connectivity index (χ2v) is 2.71. The zero-order chi connectivity index (χ0) is 9.84. The average molecular weight is 209 g/mol. The Balaban J connectivity index is 2.90. The number of aliphatic hydroxyl groups excluding tert-OH is 1. The van der Waals surface area contributed by atoms with E-state index in [0.29, 0.717) is 5.56 Å². The van der Waals surface area contributed by atoms with E-state index in [1.54, 1.807) is 0 Å². The van der Waals surface area contributed by atoms with Gasteiger partial charge in [0.2, 0.25) is 0 Å². The molecule has 1 N–H and O–H groups in total. The Hall–Kier alpha value is -0.870. The molecule has 0 spiro atoms. The van der Waals surface area contributed by atoms with E-state index in [4.69, 9.17) is 16.7 Å². The first-order valence-electron chi connectivity index (χ1n) is 3.47. The molecule has 0 radical (unpaired) electrons. The maximum Gasteiger partial charge on any atom is 0.387 e. The molecule has 0 saturated carbocycles. The van der Waals surface area contributed by atoms with Gasteiger partial charge in [0.1, 0.15) is 5.75 Å². The topological polar surface area (TPSA) is 29.5 Å². The fourth-order valence-electron chi connectivity index (χ4n) is 0.832. The highest BCUT2D eigenvalue weighted by molar-refractivity contribution is 6.32. The molecule has 2 nitrogen and oxygen atoms in total. The number of ether oxygens (including phenoxy) is 1. The minimum atomic E-state index is -2.91. The smallest absolute Gasteiger partial charge is 0.387 e. The predicted octanol–water partition coefficient (Wildman–Crippen LogP) is 2.43. The zero-order valence-electron chi connectivity index (χ0n) is 6.51. The Morgan fingerprint density at radius 1 is 1.46 bits per heavy atom. The molecule has 0 amide bonds. The van der Waals surface area contributed by atoms with Crippen LogP contribution in [-0.2, 0) is 6.61 Å². The number of benzene rings is 1. The summed E-state index contributed by atoms with van der Waals surface area (Å²) in [7, 11) is 0. The quantitative estimate of drug-likeness (QED) is 0.827. The molecule has 5 heteroatoms. The van der Waals surface area contributed by atoms with Gasteiger partial charge in [0.05, 0.1) is 11.6 Å². The molecule has 72 valence electrons. The second-order valence-electron chi connectivity index (χ2n) is 2.30. The third-order valence-electron chi connectivity index (χ3n) is 1.39. The van der Waals surface area contributed by atoms with Crippen molar-refractivity contribution in [3.05, 3.63) is 28.8 Å². The van der Waals surface area contributed by atoms with Gasteiger partial charge in [-0.25, -0.2) is 0 Å². The summed E-state index contributed by atoms with van der Waals surface area (Å²) in [4.78, 5) is 0. The van der Waals surface area contributed by atoms with Crippen molar-refractivity contribution >= 4 is 11.6 Å². The molecular formula is C8H7ClF2O2. The van der Waals surface area contributed by atoms with Crippen LogP contribution < -0.4 is 4.74 Å². The van der Waals surface area contributed by atoms with Gasteiger partial charge >= 0.3 is 6.61 Å². The summed E-state index contributed by atoms with van der Waals surface area (Å²) in [6.07, 6.45) is 0. The minimum absolute atomic E-state index is 0.0949. The lowest BCUT2D eigenvalue weighted by atomic mass is 10.2. The van der Waals surface area contributed by atoms with Crippen molar-refractivity contribution < 1.29 is 18.6 Å². The van der Waals surface area contributed by atoms with Gasteiger partial charge in [-0.1, -0.05) is 17.7 Å². The lowest BCUT2D eigenvalue weighted by Crippen LogP contribution is -2.02. The van der Waals surface area contributed by atoms with Crippen LogP contribution in [-0.4, -0.2) is 11.7 Å². The van der Waals surface area contributed by atoms with Crippen LogP contribution in [0.15, 0.2) is 18.2 Å². The number of alkyl halides is 2. The molecule has 0 aliphatic heterocycles. The van der Waals surface area contributed by atoms with E-state index in [1.807, 2.05) is 0 Å². The minimum Gasteiger partial charge on any atom is -0.433 e. The van der Waals surface area contributed by atoms with Gasteiger partial charge in [-0.3, -0.25) is 0 Å². The van der Waals surface area contributed by atoms with Crippen molar-refractivity contribution in [2.75, 3.05) is 0 Å². The van der Waals surface area contributed by atoms with Crippen LogP contribution in [0.25, 0.3) is 0 Å². The Morgan fingerprint density at radius 3 is 2.69 bits per heavy atom. The van der Waals surface area contributed by atoms with Crippen LogP contribution in [0.4, 0.5) is 8.78 Å². The molecule has 0 heterocycles. The van der Waals surface area contributed by atoms with E-state index < -0.39 is 6.61 Å². The van der Waals surface area contributed by atoms with Gasteiger partial charge < -0.3 is 9.84 Å². The lowest BCUT2D eigenvalue weighted by Gasteiger charge is -2.07. The maximum atomic E-state index is 11.8. The highest BCUT2D eigenvalue weighted by atomic mass is 35.5. The first kappa shape index (κ1) is 10.2. The molecule has 0 fully saturated rings. The van der Waals surface area contributed by atoms with E-state index in [9.17, 15) is 8.78 Å². The monoisotopic (exact) mass is 208 g/mol. The predicted molar refractivity (Wildman–Crippen MR) is 44.0 cm³/mol. The van der Waals surface area contributed by atoms with Crippen LogP contribution in [0.2, 0.25) is 5.02 Å². The third-order valence-corrected chi connectivity index (χ3v) is 1.71. The third kappa shape index (κ3) is 2.82. The van der Waals surface area contributed by atoms with E-state index in [1.165, 1.54) is 18.2 Å². The van der Waals surface area contributed by atoms with E-state index in [0.717, 1.165) is 0 Å². The van der Waals surface area contributed by atoms with Crippen molar-refractivity contribution in [2.45, 2.75) is 13.2 Å². The summed E-state index contributed by atoms with van der Waals surface area (Å²) in [6, 6.07) is 4.19. The van der Waals surface area contributed by atoms with Crippen molar-refractivity contribution in [1.82, 2.24) is 0 Å². The molecule has 0 atom stereocenters. The highest BCUT2D eigenvalue weighted by Crippen LogP contribution is 2.26. The fourth-order valence-corrected chi connectivity index (χ4v) is 0.995. The van der Waals surface area contributed by atoms with Crippen molar-refractivity contribution in [1.29, 1.82) is 0 Å². The van der Waals surface area contributed by atoms with E-state index >= 15 is 0 Å². The molecule has 0 aliphatic rings. The first-order chi connectivity index (χ1) is 6.13. The fraction of sp³-hybridized carbons (Fsp3) is 0.250. The molecule has 1 aromatic rings. The SMILES string of the molecule is OCc1ccc(Cl)c(OC(F)F)c1. The standard InChI is InChI=1S/C8H7ClF2O2/c9-6-2-1-5(4-12)3-7(6)13-8(10)11/h1-3,8,12H,4H2. The van der Waals surface area contributed by atoms with Crippen LogP contribution in [0.5, 0.6) is 5.75 Å². The lowest BCUT2D eigenvalue weighted by molar-refractivity contribution is -0.0498. The average Bonchev–Trinajstić information content (AvgIpc) is 2.08. The van der Waals surface area contributed by atoms with Crippen LogP contribution >= 0.6 is 11.6 Å². The van der Waals surface area contributed by atoms with E-state index in [2.05, 4.69) is 4.74 Å². The maximum absolute atomic E-state index is 11.8.